The summed E-state index contributed by atoms with van der Waals surface area (Å²) in [4.78, 5) is 15.6. The largest absolute Gasteiger partial charge is 0.382 e. The summed E-state index contributed by atoms with van der Waals surface area (Å²) in [6.07, 6.45) is 1.22. The van der Waals surface area contributed by atoms with E-state index >= 15 is 0 Å². The van der Waals surface area contributed by atoms with Crippen molar-refractivity contribution >= 4 is 29.0 Å². The molecule has 0 aliphatic carbocycles. The van der Waals surface area contributed by atoms with E-state index in [-0.39, 0.29) is 27.7 Å². The van der Waals surface area contributed by atoms with E-state index in [0.717, 1.165) is 12.1 Å². The molecule has 0 bridgehead atoms. The number of carbonyl (C=O) groups is 1. The summed E-state index contributed by atoms with van der Waals surface area (Å²) in [6.45, 7) is 1.31. The molecule has 1 heterocycles. The van der Waals surface area contributed by atoms with Gasteiger partial charge in [-0.2, -0.15) is 0 Å². The summed E-state index contributed by atoms with van der Waals surface area (Å²) in [5, 5.41) is 2.48. The first-order chi connectivity index (χ1) is 9.38. The van der Waals surface area contributed by atoms with Crippen LogP contribution in [-0.2, 0) is 0 Å². The van der Waals surface area contributed by atoms with E-state index in [4.69, 9.17) is 17.3 Å². The van der Waals surface area contributed by atoms with Crippen molar-refractivity contribution in [3.8, 4) is 0 Å². The lowest BCUT2D eigenvalue weighted by molar-refractivity contribution is 0.102. The molecule has 0 radical (unpaired) electrons. The van der Waals surface area contributed by atoms with Gasteiger partial charge in [0, 0.05) is 17.4 Å². The third kappa shape index (κ3) is 2.85. The molecule has 0 atom stereocenters. The number of hydrogen-bond acceptors (Lipinski definition) is 3. The number of amides is 1. The molecule has 0 aliphatic rings. The van der Waals surface area contributed by atoms with Gasteiger partial charge in [-0.25, -0.2) is 13.8 Å². The van der Waals surface area contributed by atoms with Crippen LogP contribution >= 0.6 is 11.6 Å². The van der Waals surface area contributed by atoms with E-state index in [1.165, 1.54) is 19.2 Å². The molecule has 1 amide bonds. The molecule has 1 aromatic carbocycles. The topological polar surface area (TPSA) is 68.0 Å². The van der Waals surface area contributed by atoms with Gasteiger partial charge in [-0.05, 0) is 25.1 Å². The Morgan fingerprint density at radius 1 is 1.30 bits per heavy atom. The van der Waals surface area contributed by atoms with Crippen molar-refractivity contribution in [2.45, 2.75) is 6.92 Å². The SMILES string of the molecule is Cc1c(F)cc(NC(=O)c2cnc(N)c(Cl)c2)cc1F. The quantitative estimate of drug-likeness (QED) is 0.894. The molecule has 0 fully saturated rings. The lowest BCUT2D eigenvalue weighted by atomic mass is 10.2. The standard InChI is InChI=1S/C13H10ClF2N3O/c1-6-10(15)3-8(4-11(6)16)19-13(20)7-2-9(14)12(17)18-5-7/h2-5H,1H3,(H2,17,18)(H,19,20). The Kier molecular flexibility index (Phi) is 3.85. The van der Waals surface area contributed by atoms with E-state index in [2.05, 4.69) is 10.3 Å². The lowest BCUT2D eigenvalue weighted by Crippen LogP contribution is -2.13. The highest BCUT2D eigenvalue weighted by atomic mass is 35.5. The van der Waals surface area contributed by atoms with Gasteiger partial charge in [0.1, 0.15) is 17.5 Å². The predicted molar refractivity (Wildman–Crippen MR) is 72.7 cm³/mol. The molecular weight excluding hydrogens is 288 g/mol. The number of rotatable bonds is 2. The third-order valence-corrected chi connectivity index (χ3v) is 2.97. The summed E-state index contributed by atoms with van der Waals surface area (Å²) in [7, 11) is 0. The summed E-state index contributed by atoms with van der Waals surface area (Å²) < 4.78 is 26.7. The number of pyridine rings is 1. The lowest BCUT2D eigenvalue weighted by Gasteiger charge is -2.08. The summed E-state index contributed by atoms with van der Waals surface area (Å²) in [5.74, 6) is -1.99. The number of nitrogen functional groups attached to an aromatic ring is 1. The average molecular weight is 298 g/mol. The maximum Gasteiger partial charge on any atom is 0.257 e. The Morgan fingerprint density at radius 2 is 1.90 bits per heavy atom. The molecule has 2 aromatic rings. The van der Waals surface area contributed by atoms with Crippen LogP contribution in [0.5, 0.6) is 0 Å². The zero-order chi connectivity index (χ0) is 14.9. The highest BCUT2D eigenvalue weighted by molar-refractivity contribution is 6.33. The van der Waals surface area contributed by atoms with Gasteiger partial charge in [0.25, 0.3) is 5.91 Å². The molecule has 7 heteroatoms. The van der Waals surface area contributed by atoms with Crippen molar-refractivity contribution in [1.82, 2.24) is 4.98 Å². The van der Waals surface area contributed by atoms with Crippen LogP contribution in [0.2, 0.25) is 5.02 Å². The van der Waals surface area contributed by atoms with Crippen LogP contribution in [0.4, 0.5) is 20.3 Å². The number of benzene rings is 1. The van der Waals surface area contributed by atoms with Crippen molar-refractivity contribution in [1.29, 1.82) is 0 Å². The highest BCUT2D eigenvalue weighted by Crippen LogP contribution is 2.20. The fraction of sp³-hybridized carbons (Fsp3) is 0.0769. The number of nitrogens with two attached hydrogens (primary N) is 1. The molecule has 3 N–H and O–H groups in total. The zero-order valence-corrected chi connectivity index (χ0v) is 11.1. The number of nitrogens with one attached hydrogen (secondary N) is 1. The summed E-state index contributed by atoms with van der Waals surface area (Å²) in [6, 6.07) is 3.38. The minimum absolute atomic E-state index is 0.00328. The maximum atomic E-state index is 13.4. The van der Waals surface area contributed by atoms with Crippen LogP contribution in [0.1, 0.15) is 15.9 Å². The number of nitrogens with zero attached hydrogens (tertiary/aromatic N) is 1. The first-order valence-corrected chi connectivity index (χ1v) is 5.94. The zero-order valence-electron chi connectivity index (χ0n) is 10.4. The van der Waals surface area contributed by atoms with Gasteiger partial charge in [-0.1, -0.05) is 11.6 Å². The van der Waals surface area contributed by atoms with Gasteiger partial charge < -0.3 is 11.1 Å². The van der Waals surface area contributed by atoms with E-state index in [9.17, 15) is 13.6 Å². The fourth-order valence-electron chi connectivity index (χ4n) is 1.49. The van der Waals surface area contributed by atoms with Gasteiger partial charge in [-0.15, -0.1) is 0 Å². The molecule has 0 saturated carbocycles. The minimum atomic E-state index is -0.742. The van der Waals surface area contributed by atoms with Gasteiger partial charge >= 0.3 is 0 Å². The average Bonchev–Trinajstić information content (AvgIpc) is 2.39. The number of halogens is 3. The molecule has 104 valence electrons. The molecule has 4 nitrogen and oxygen atoms in total. The van der Waals surface area contributed by atoms with E-state index < -0.39 is 17.5 Å². The van der Waals surface area contributed by atoms with Gasteiger partial charge in [0.2, 0.25) is 0 Å². The van der Waals surface area contributed by atoms with Crippen molar-refractivity contribution in [3.05, 3.63) is 52.2 Å². The smallest absolute Gasteiger partial charge is 0.257 e. The first kappa shape index (κ1) is 14.2. The monoisotopic (exact) mass is 297 g/mol. The third-order valence-electron chi connectivity index (χ3n) is 2.67. The van der Waals surface area contributed by atoms with Crippen molar-refractivity contribution in [2.24, 2.45) is 0 Å². The highest BCUT2D eigenvalue weighted by Gasteiger charge is 2.12. The second-order valence-electron chi connectivity index (χ2n) is 4.11. The van der Waals surface area contributed by atoms with Crippen LogP contribution in [0.3, 0.4) is 0 Å². The number of aromatic nitrogens is 1. The van der Waals surface area contributed by atoms with Crippen molar-refractivity contribution < 1.29 is 13.6 Å². The molecule has 0 spiro atoms. The Labute approximate surface area is 118 Å². The van der Waals surface area contributed by atoms with Crippen molar-refractivity contribution in [3.63, 3.8) is 0 Å². The Balaban J connectivity index is 2.25. The van der Waals surface area contributed by atoms with Gasteiger partial charge in [-0.3, -0.25) is 4.79 Å². The second-order valence-corrected chi connectivity index (χ2v) is 4.52. The van der Waals surface area contributed by atoms with Crippen molar-refractivity contribution in [2.75, 3.05) is 11.1 Å². The molecular formula is C13H10ClF2N3O. The number of carbonyl (C=O) groups excluding carboxylic acids is 1. The predicted octanol–water partition coefficient (Wildman–Crippen LogP) is 3.16. The Bertz CT molecular complexity index is 668. The van der Waals surface area contributed by atoms with Crippen LogP contribution in [0, 0.1) is 18.6 Å². The van der Waals surface area contributed by atoms with E-state index in [0.29, 0.717) is 0 Å². The van der Waals surface area contributed by atoms with Gasteiger partial charge in [0.05, 0.1) is 10.6 Å². The van der Waals surface area contributed by atoms with E-state index in [1.54, 1.807) is 0 Å². The molecule has 2 rings (SSSR count). The summed E-state index contributed by atoms with van der Waals surface area (Å²) >= 11 is 5.74. The second kappa shape index (κ2) is 5.42. The summed E-state index contributed by atoms with van der Waals surface area (Å²) in [5.41, 5.74) is 5.45. The van der Waals surface area contributed by atoms with Crippen LogP contribution in [-0.4, -0.2) is 10.9 Å². The van der Waals surface area contributed by atoms with Crippen LogP contribution in [0.15, 0.2) is 24.4 Å². The first-order valence-electron chi connectivity index (χ1n) is 5.56. The minimum Gasteiger partial charge on any atom is -0.382 e. The van der Waals surface area contributed by atoms with Crippen LogP contribution in [0.25, 0.3) is 0 Å². The molecule has 0 unspecified atom stereocenters. The molecule has 1 aromatic heterocycles. The fourth-order valence-corrected chi connectivity index (χ4v) is 1.66. The number of anilines is 2. The van der Waals surface area contributed by atoms with Gasteiger partial charge in [0.15, 0.2) is 0 Å². The molecule has 20 heavy (non-hydrogen) atoms. The Hall–Kier alpha value is -2.21. The Morgan fingerprint density at radius 3 is 2.45 bits per heavy atom. The molecule has 0 aliphatic heterocycles. The molecule has 0 saturated heterocycles. The van der Waals surface area contributed by atoms with Crippen LogP contribution < -0.4 is 11.1 Å². The number of hydrogen-bond donors (Lipinski definition) is 2. The van der Waals surface area contributed by atoms with E-state index in [1.807, 2.05) is 0 Å². The maximum absolute atomic E-state index is 13.4. The normalized spacial score (nSPS) is 10.4.